The summed E-state index contributed by atoms with van der Waals surface area (Å²) in [4.78, 5) is 52.6. The lowest BCUT2D eigenvalue weighted by molar-refractivity contribution is -0.125. The van der Waals surface area contributed by atoms with Crippen LogP contribution in [0.4, 0.5) is 11.4 Å². The molecular formula is C23H21N3O5. The Hall–Kier alpha value is -4.20. The van der Waals surface area contributed by atoms with Crippen LogP contribution in [0.25, 0.3) is 6.08 Å². The number of rotatable bonds is 5. The number of carbonyl (C=O) groups is 4. The number of nitrogens with two attached hydrogens (primary N) is 1. The molecule has 8 nitrogen and oxygen atoms in total. The van der Waals surface area contributed by atoms with Gasteiger partial charge in [0.15, 0.2) is 0 Å². The number of anilines is 2. The molecule has 0 unspecified atom stereocenters. The van der Waals surface area contributed by atoms with Gasteiger partial charge in [0.1, 0.15) is 5.57 Å². The van der Waals surface area contributed by atoms with Gasteiger partial charge in [0.2, 0.25) is 0 Å². The third-order valence-electron chi connectivity index (χ3n) is 4.97. The molecular weight excluding hydrogens is 398 g/mol. The van der Waals surface area contributed by atoms with E-state index < -0.39 is 23.7 Å². The standard InChI is InChI=1S/C23H21N3O5/c1-13-17(12-14-8-10-15(11-9-14)25(2)3)21(28)26(22(29)19(13)20(24)27)18-7-5-4-6-16(18)23(30)31/h4-12H,1-3H3,(H2,24,27)(H,30,31). The van der Waals surface area contributed by atoms with Crippen molar-refractivity contribution in [2.24, 2.45) is 5.73 Å². The van der Waals surface area contributed by atoms with Crippen molar-refractivity contribution in [1.29, 1.82) is 0 Å². The van der Waals surface area contributed by atoms with Gasteiger partial charge in [0.25, 0.3) is 17.7 Å². The van der Waals surface area contributed by atoms with Gasteiger partial charge in [-0.2, -0.15) is 0 Å². The summed E-state index contributed by atoms with van der Waals surface area (Å²) >= 11 is 0. The first-order chi connectivity index (χ1) is 14.6. The summed E-state index contributed by atoms with van der Waals surface area (Å²) in [7, 11) is 3.79. The number of aromatic carboxylic acids is 1. The van der Waals surface area contributed by atoms with Crippen LogP contribution in [-0.2, 0) is 14.4 Å². The van der Waals surface area contributed by atoms with Gasteiger partial charge in [-0.05, 0) is 48.4 Å². The minimum atomic E-state index is -1.31. The van der Waals surface area contributed by atoms with E-state index in [1.807, 2.05) is 31.1 Å². The number of carboxylic acid groups (broad SMARTS) is 1. The van der Waals surface area contributed by atoms with Gasteiger partial charge in [-0.15, -0.1) is 0 Å². The van der Waals surface area contributed by atoms with Crippen LogP contribution in [0.5, 0.6) is 0 Å². The van der Waals surface area contributed by atoms with E-state index in [0.29, 0.717) is 10.5 Å². The lowest BCUT2D eigenvalue weighted by Crippen LogP contribution is -2.46. The second-order valence-corrected chi connectivity index (χ2v) is 7.18. The van der Waals surface area contributed by atoms with Crippen molar-refractivity contribution in [1.82, 2.24) is 0 Å². The van der Waals surface area contributed by atoms with Crippen molar-refractivity contribution in [3.63, 3.8) is 0 Å². The summed E-state index contributed by atoms with van der Waals surface area (Å²) in [6, 6.07) is 12.9. The maximum Gasteiger partial charge on any atom is 0.337 e. The highest BCUT2D eigenvalue weighted by molar-refractivity contribution is 6.38. The van der Waals surface area contributed by atoms with Crippen molar-refractivity contribution in [3.05, 3.63) is 76.4 Å². The maximum atomic E-state index is 13.3. The summed E-state index contributed by atoms with van der Waals surface area (Å²) in [5, 5.41) is 9.50. The molecule has 0 radical (unpaired) electrons. The van der Waals surface area contributed by atoms with E-state index in [9.17, 15) is 24.3 Å². The van der Waals surface area contributed by atoms with Crippen LogP contribution in [-0.4, -0.2) is 42.9 Å². The quantitative estimate of drug-likeness (QED) is 0.435. The Balaban J connectivity index is 2.20. The lowest BCUT2D eigenvalue weighted by atomic mass is 9.91. The topological polar surface area (TPSA) is 121 Å². The van der Waals surface area contributed by atoms with Crippen molar-refractivity contribution < 1.29 is 24.3 Å². The molecule has 8 heteroatoms. The zero-order chi connectivity index (χ0) is 22.9. The highest BCUT2D eigenvalue weighted by Gasteiger charge is 2.39. The van der Waals surface area contributed by atoms with Gasteiger partial charge < -0.3 is 15.7 Å². The van der Waals surface area contributed by atoms with Gasteiger partial charge >= 0.3 is 5.97 Å². The van der Waals surface area contributed by atoms with Crippen LogP contribution in [0.2, 0.25) is 0 Å². The number of carboxylic acids is 1. The third kappa shape index (κ3) is 3.95. The Morgan fingerprint density at radius 2 is 1.61 bits per heavy atom. The molecule has 2 aromatic carbocycles. The second-order valence-electron chi connectivity index (χ2n) is 7.18. The minimum Gasteiger partial charge on any atom is -0.478 e. The van der Waals surface area contributed by atoms with Crippen molar-refractivity contribution >= 4 is 41.1 Å². The number of imide groups is 1. The SMILES string of the molecule is CC1=C(C(N)=O)C(=O)N(c2ccccc2C(=O)O)C(=O)C1=Cc1ccc(N(C)C)cc1. The second kappa shape index (κ2) is 8.27. The van der Waals surface area contributed by atoms with Crippen LogP contribution in [0.3, 0.4) is 0 Å². The van der Waals surface area contributed by atoms with Crippen LogP contribution in [0.15, 0.2) is 65.3 Å². The average Bonchev–Trinajstić information content (AvgIpc) is 2.71. The molecule has 31 heavy (non-hydrogen) atoms. The molecule has 1 aliphatic heterocycles. The molecule has 3 amide bonds. The summed E-state index contributed by atoms with van der Waals surface area (Å²) in [5.41, 5.74) is 6.52. The molecule has 0 atom stereocenters. The predicted molar refractivity (Wildman–Crippen MR) is 117 cm³/mol. The van der Waals surface area contributed by atoms with Crippen LogP contribution >= 0.6 is 0 Å². The average molecular weight is 419 g/mol. The van der Waals surface area contributed by atoms with Crippen molar-refractivity contribution in [2.45, 2.75) is 6.92 Å². The lowest BCUT2D eigenvalue weighted by Gasteiger charge is -2.29. The van der Waals surface area contributed by atoms with E-state index in [-0.39, 0.29) is 28.0 Å². The number of hydrogen-bond donors (Lipinski definition) is 2. The first kappa shape index (κ1) is 21.5. The molecule has 0 spiro atoms. The fourth-order valence-corrected chi connectivity index (χ4v) is 3.34. The van der Waals surface area contributed by atoms with E-state index in [4.69, 9.17) is 5.73 Å². The molecule has 3 N–H and O–H groups in total. The number of benzene rings is 2. The maximum absolute atomic E-state index is 13.3. The molecule has 0 saturated heterocycles. The zero-order valence-corrected chi connectivity index (χ0v) is 17.2. The summed E-state index contributed by atoms with van der Waals surface area (Å²) in [6.45, 7) is 1.47. The predicted octanol–water partition coefficient (Wildman–Crippen LogP) is 2.21. The number of primary amides is 1. The molecule has 158 valence electrons. The molecule has 2 aromatic rings. The van der Waals surface area contributed by atoms with Crippen LogP contribution in [0, 0.1) is 0 Å². The summed E-state index contributed by atoms with van der Waals surface area (Å²) < 4.78 is 0. The zero-order valence-electron chi connectivity index (χ0n) is 17.2. The van der Waals surface area contributed by atoms with Gasteiger partial charge in [0, 0.05) is 25.4 Å². The Labute approximate surface area is 178 Å². The van der Waals surface area contributed by atoms with Crippen LogP contribution < -0.4 is 15.5 Å². The summed E-state index contributed by atoms with van der Waals surface area (Å²) in [6.07, 6.45) is 1.54. The molecule has 0 bridgehead atoms. The highest BCUT2D eigenvalue weighted by Crippen LogP contribution is 2.32. The first-order valence-corrected chi connectivity index (χ1v) is 9.34. The molecule has 0 aliphatic carbocycles. The number of para-hydroxylation sites is 1. The van der Waals surface area contributed by atoms with Crippen LogP contribution in [0.1, 0.15) is 22.8 Å². The van der Waals surface area contributed by atoms with E-state index >= 15 is 0 Å². The Bertz CT molecular complexity index is 1160. The van der Waals surface area contributed by atoms with E-state index in [1.54, 1.807) is 18.2 Å². The smallest absolute Gasteiger partial charge is 0.337 e. The Morgan fingerprint density at radius 3 is 2.16 bits per heavy atom. The Kier molecular flexibility index (Phi) is 5.74. The van der Waals surface area contributed by atoms with Crippen molar-refractivity contribution in [2.75, 3.05) is 23.9 Å². The highest BCUT2D eigenvalue weighted by atomic mass is 16.4. The number of carbonyl (C=O) groups excluding carboxylic acids is 3. The fourth-order valence-electron chi connectivity index (χ4n) is 3.34. The summed E-state index contributed by atoms with van der Waals surface area (Å²) in [5.74, 6) is -4.00. The fraction of sp³-hybridized carbons (Fsp3) is 0.130. The van der Waals surface area contributed by atoms with Gasteiger partial charge in [0.05, 0.1) is 11.3 Å². The number of amides is 3. The number of nitrogens with zero attached hydrogens (tertiary/aromatic N) is 2. The minimum absolute atomic E-state index is 0.0752. The molecule has 1 heterocycles. The van der Waals surface area contributed by atoms with Gasteiger partial charge in [-0.3, -0.25) is 14.4 Å². The van der Waals surface area contributed by atoms with Gasteiger partial charge in [-0.1, -0.05) is 24.3 Å². The number of hydrogen-bond acceptors (Lipinski definition) is 5. The van der Waals surface area contributed by atoms with E-state index in [1.165, 1.54) is 31.2 Å². The monoisotopic (exact) mass is 419 g/mol. The molecule has 1 aliphatic rings. The molecule has 3 rings (SSSR count). The van der Waals surface area contributed by atoms with E-state index in [0.717, 1.165) is 5.69 Å². The third-order valence-corrected chi connectivity index (χ3v) is 4.97. The van der Waals surface area contributed by atoms with Gasteiger partial charge in [-0.25, -0.2) is 9.69 Å². The molecule has 0 saturated carbocycles. The molecule has 0 aromatic heterocycles. The van der Waals surface area contributed by atoms with E-state index in [2.05, 4.69) is 0 Å². The first-order valence-electron chi connectivity index (χ1n) is 9.34. The normalized spacial score (nSPS) is 15.5. The molecule has 0 fully saturated rings. The Morgan fingerprint density at radius 1 is 1.00 bits per heavy atom. The largest absolute Gasteiger partial charge is 0.478 e. The van der Waals surface area contributed by atoms with Crippen molar-refractivity contribution in [3.8, 4) is 0 Å².